The van der Waals surface area contributed by atoms with E-state index in [1.807, 2.05) is 13.8 Å². The van der Waals surface area contributed by atoms with Crippen molar-refractivity contribution in [3.63, 3.8) is 0 Å². The Kier molecular flexibility index (Phi) is 3.48. The molecule has 0 saturated carbocycles. The summed E-state index contributed by atoms with van der Waals surface area (Å²) in [6.07, 6.45) is 5.98. The first-order chi connectivity index (χ1) is 10.1. The average molecular weight is 282 g/mol. The zero-order valence-electron chi connectivity index (χ0n) is 13.0. The van der Waals surface area contributed by atoms with Crippen LogP contribution in [0.15, 0.2) is 41.5 Å². The molecule has 0 spiro atoms. The molecule has 3 rings (SSSR count). The highest BCUT2D eigenvalue weighted by atomic mass is 16.5. The predicted molar refractivity (Wildman–Crippen MR) is 84.8 cm³/mol. The highest BCUT2D eigenvalue weighted by Crippen LogP contribution is 2.50. The van der Waals surface area contributed by atoms with E-state index < -0.39 is 5.41 Å². The molecule has 0 amide bonds. The van der Waals surface area contributed by atoms with Gasteiger partial charge in [0, 0.05) is 0 Å². The third kappa shape index (κ3) is 2.05. The second-order valence-electron chi connectivity index (χ2n) is 6.14. The van der Waals surface area contributed by atoms with E-state index in [9.17, 15) is 4.79 Å². The maximum atomic E-state index is 12.3. The van der Waals surface area contributed by atoms with Gasteiger partial charge in [-0.15, -0.1) is 0 Å². The van der Waals surface area contributed by atoms with Crippen molar-refractivity contribution in [2.45, 2.75) is 39.5 Å². The van der Waals surface area contributed by atoms with Crippen molar-refractivity contribution in [3.8, 4) is 0 Å². The van der Waals surface area contributed by atoms with Gasteiger partial charge in [-0.3, -0.25) is 4.79 Å². The van der Waals surface area contributed by atoms with Crippen LogP contribution in [-0.2, 0) is 16.0 Å². The first-order valence-corrected chi connectivity index (χ1v) is 7.67. The van der Waals surface area contributed by atoms with E-state index in [4.69, 9.17) is 4.74 Å². The van der Waals surface area contributed by atoms with Crippen LogP contribution in [0, 0.1) is 5.41 Å². The SMILES string of the molecule is CC=C1C2=C(CCC1(C)C(=O)OC)c1ccccc1CC2. The molecule has 2 nitrogen and oxygen atoms in total. The van der Waals surface area contributed by atoms with Crippen LogP contribution in [0.5, 0.6) is 0 Å². The maximum absolute atomic E-state index is 12.3. The summed E-state index contributed by atoms with van der Waals surface area (Å²) in [6.45, 7) is 4.06. The number of carbonyl (C=O) groups excluding carboxylic acids is 1. The lowest BCUT2D eigenvalue weighted by molar-refractivity contribution is -0.149. The van der Waals surface area contributed by atoms with Crippen molar-refractivity contribution in [1.29, 1.82) is 0 Å². The highest BCUT2D eigenvalue weighted by molar-refractivity contribution is 5.87. The molecule has 0 heterocycles. The minimum Gasteiger partial charge on any atom is -0.468 e. The molecule has 0 fully saturated rings. The zero-order chi connectivity index (χ0) is 15.0. The van der Waals surface area contributed by atoms with E-state index in [0.29, 0.717) is 0 Å². The molecule has 2 aliphatic rings. The first kappa shape index (κ1) is 14.1. The van der Waals surface area contributed by atoms with Gasteiger partial charge in [0.15, 0.2) is 0 Å². The van der Waals surface area contributed by atoms with Gasteiger partial charge < -0.3 is 4.74 Å². The van der Waals surface area contributed by atoms with Crippen LogP contribution in [0.25, 0.3) is 5.57 Å². The standard InChI is InChI=1S/C19H22O2/c1-4-17-16-10-9-13-7-5-6-8-14(13)15(16)11-12-19(17,2)18(20)21-3/h4-8H,9-12H2,1-3H3. The third-order valence-corrected chi connectivity index (χ3v) is 5.07. The second kappa shape index (κ2) is 5.18. The Morgan fingerprint density at radius 2 is 1.95 bits per heavy atom. The summed E-state index contributed by atoms with van der Waals surface area (Å²) in [6, 6.07) is 8.67. The van der Waals surface area contributed by atoms with Gasteiger partial charge in [-0.05, 0) is 67.4 Å². The van der Waals surface area contributed by atoms with Crippen LogP contribution < -0.4 is 0 Å². The van der Waals surface area contributed by atoms with E-state index in [1.54, 1.807) is 0 Å². The van der Waals surface area contributed by atoms with Crippen molar-refractivity contribution in [1.82, 2.24) is 0 Å². The monoisotopic (exact) mass is 282 g/mol. The summed E-state index contributed by atoms with van der Waals surface area (Å²) < 4.78 is 5.07. The van der Waals surface area contributed by atoms with Crippen molar-refractivity contribution >= 4 is 11.5 Å². The molecular formula is C19H22O2. The van der Waals surface area contributed by atoms with E-state index in [-0.39, 0.29) is 5.97 Å². The molecule has 2 aliphatic carbocycles. The Morgan fingerprint density at radius 3 is 2.67 bits per heavy atom. The molecule has 1 aromatic carbocycles. The van der Waals surface area contributed by atoms with Crippen LogP contribution in [0.3, 0.4) is 0 Å². The van der Waals surface area contributed by atoms with Crippen LogP contribution in [0.4, 0.5) is 0 Å². The Bertz CT molecular complexity index is 651. The van der Waals surface area contributed by atoms with Crippen LogP contribution >= 0.6 is 0 Å². The zero-order valence-corrected chi connectivity index (χ0v) is 13.0. The van der Waals surface area contributed by atoms with Gasteiger partial charge in [0.25, 0.3) is 0 Å². The number of allylic oxidation sites excluding steroid dienone is 3. The third-order valence-electron chi connectivity index (χ3n) is 5.07. The fourth-order valence-corrected chi connectivity index (χ4v) is 3.96. The molecule has 0 aliphatic heterocycles. The lowest BCUT2D eigenvalue weighted by Gasteiger charge is -2.39. The number of hydrogen-bond donors (Lipinski definition) is 0. The normalized spacial score (nSPS) is 26.3. The van der Waals surface area contributed by atoms with Crippen molar-refractivity contribution < 1.29 is 9.53 Å². The molecular weight excluding hydrogens is 260 g/mol. The Balaban J connectivity index is 2.13. The number of carbonyl (C=O) groups is 1. The largest absolute Gasteiger partial charge is 0.468 e. The van der Waals surface area contributed by atoms with Crippen molar-refractivity contribution in [2.24, 2.45) is 5.41 Å². The Hall–Kier alpha value is -1.83. The molecule has 0 aromatic heterocycles. The number of ether oxygens (including phenoxy) is 1. The number of rotatable bonds is 1. The molecule has 0 radical (unpaired) electrons. The van der Waals surface area contributed by atoms with E-state index in [0.717, 1.165) is 25.7 Å². The number of hydrogen-bond acceptors (Lipinski definition) is 2. The summed E-state index contributed by atoms with van der Waals surface area (Å²) in [7, 11) is 1.49. The molecule has 2 heteroatoms. The van der Waals surface area contributed by atoms with Crippen LogP contribution in [0.2, 0.25) is 0 Å². The summed E-state index contributed by atoms with van der Waals surface area (Å²) >= 11 is 0. The number of methoxy groups -OCH3 is 1. The van der Waals surface area contributed by atoms with Gasteiger partial charge in [0.05, 0.1) is 12.5 Å². The summed E-state index contributed by atoms with van der Waals surface area (Å²) in [5.41, 5.74) is 6.31. The summed E-state index contributed by atoms with van der Waals surface area (Å²) in [5.74, 6) is -0.110. The molecule has 0 saturated heterocycles. The lowest BCUT2D eigenvalue weighted by Crippen LogP contribution is -2.35. The topological polar surface area (TPSA) is 26.3 Å². The molecule has 110 valence electrons. The second-order valence-corrected chi connectivity index (χ2v) is 6.14. The van der Waals surface area contributed by atoms with Gasteiger partial charge in [-0.2, -0.15) is 0 Å². The molecule has 1 unspecified atom stereocenters. The highest BCUT2D eigenvalue weighted by Gasteiger charge is 2.43. The molecule has 0 N–H and O–H groups in total. The molecule has 1 aromatic rings. The maximum Gasteiger partial charge on any atom is 0.316 e. The van der Waals surface area contributed by atoms with Crippen molar-refractivity contribution in [2.75, 3.05) is 7.11 Å². The fourth-order valence-electron chi connectivity index (χ4n) is 3.96. The van der Waals surface area contributed by atoms with E-state index in [1.165, 1.54) is 35.0 Å². The summed E-state index contributed by atoms with van der Waals surface area (Å²) in [5, 5.41) is 0. The molecule has 21 heavy (non-hydrogen) atoms. The van der Waals surface area contributed by atoms with E-state index in [2.05, 4.69) is 30.3 Å². The smallest absolute Gasteiger partial charge is 0.316 e. The van der Waals surface area contributed by atoms with Gasteiger partial charge >= 0.3 is 5.97 Å². The minimum absolute atomic E-state index is 0.110. The molecule has 1 atom stereocenters. The van der Waals surface area contributed by atoms with Gasteiger partial charge in [0.1, 0.15) is 0 Å². The fraction of sp³-hybridized carbons (Fsp3) is 0.421. The van der Waals surface area contributed by atoms with Crippen LogP contribution in [0.1, 0.15) is 44.2 Å². The predicted octanol–water partition coefficient (Wildman–Crippen LogP) is 4.31. The quantitative estimate of drug-likeness (QED) is 0.718. The number of benzene rings is 1. The molecule has 0 bridgehead atoms. The number of aryl methyl sites for hydroxylation is 1. The van der Waals surface area contributed by atoms with Gasteiger partial charge in [-0.1, -0.05) is 30.3 Å². The number of esters is 1. The Labute approximate surface area is 126 Å². The van der Waals surface area contributed by atoms with Crippen LogP contribution in [-0.4, -0.2) is 13.1 Å². The van der Waals surface area contributed by atoms with Gasteiger partial charge in [0.2, 0.25) is 0 Å². The minimum atomic E-state index is -0.491. The lowest BCUT2D eigenvalue weighted by atomic mass is 9.65. The van der Waals surface area contributed by atoms with Gasteiger partial charge in [-0.25, -0.2) is 0 Å². The number of fused-ring (bicyclic) bond motifs is 2. The van der Waals surface area contributed by atoms with E-state index >= 15 is 0 Å². The Morgan fingerprint density at radius 1 is 1.19 bits per heavy atom. The van der Waals surface area contributed by atoms with Crippen molar-refractivity contribution in [3.05, 3.63) is 52.6 Å². The summed E-state index contributed by atoms with van der Waals surface area (Å²) in [4.78, 5) is 12.3. The first-order valence-electron chi connectivity index (χ1n) is 7.67. The average Bonchev–Trinajstić information content (AvgIpc) is 2.53.